The summed E-state index contributed by atoms with van der Waals surface area (Å²) in [5.74, 6) is -0.275. The Hall–Kier alpha value is -2.96. The SMILES string of the molecule is CCn1cc(NC(=O)c2cnc3c(cnn3C(C)C)c2)ccc1=O. The van der Waals surface area contributed by atoms with Crippen LogP contribution in [0.4, 0.5) is 5.69 Å². The van der Waals surface area contributed by atoms with E-state index in [9.17, 15) is 9.59 Å². The number of anilines is 1. The summed E-state index contributed by atoms with van der Waals surface area (Å²) >= 11 is 0. The van der Waals surface area contributed by atoms with Gasteiger partial charge in [-0.2, -0.15) is 5.10 Å². The van der Waals surface area contributed by atoms with Gasteiger partial charge in [-0.15, -0.1) is 0 Å². The Morgan fingerprint density at radius 3 is 2.79 bits per heavy atom. The number of fused-ring (bicyclic) bond motifs is 1. The van der Waals surface area contributed by atoms with Crippen LogP contribution in [0.3, 0.4) is 0 Å². The van der Waals surface area contributed by atoms with E-state index >= 15 is 0 Å². The maximum Gasteiger partial charge on any atom is 0.257 e. The van der Waals surface area contributed by atoms with Crippen molar-refractivity contribution >= 4 is 22.6 Å². The van der Waals surface area contributed by atoms with Crippen LogP contribution in [0.2, 0.25) is 0 Å². The fraction of sp³-hybridized carbons (Fsp3) is 0.294. The molecule has 0 bridgehead atoms. The molecule has 0 atom stereocenters. The van der Waals surface area contributed by atoms with E-state index in [2.05, 4.69) is 15.4 Å². The molecule has 0 aromatic carbocycles. The lowest BCUT2D eigenvalue weighted by atomic mass is 10.2. The minimum atomic E-state index is -0.275. The number of carbonyl (C=O) groups excluding carboxylic acids is 1. The molecular weight excluding hydrogens is 306 g/mol. The fourth-order valence-corrected chi connectivity index (χ4v) is 2.50. The predicted molar refractivity (Wildman–Crippen MR) is 92.2 cm³/mol. The summed E-state index contributed by atoms with van der Waals surface area (Å²) in [6.45, 7) is 6.47. The zero-order valence-electron chi connectivity index (χ0n) is 13.9. The van der Waals surface area contributed by atoms with Crippen LogP contribution < -0.4 is 10.9 Å². The molecule has 24 heavy (non-hydrogen) atoms. The van der Waals surface area contributed by atoms with Gasteiger partial charge in [-0.3, -0.25) is 9.59 Å². The van der Waals surface area contributed by atoms with E-state index in [4.69, 9.17) is 0 Å². The highest BCUT2D eigenvalue weighted by atomic mass is 16.1. The average Bonchev–Trinajstić information content (AvgIpc) is 2.99. The van der Waals surface area contributed by atoms with Crippen molar-refractivity contribution in [3.63, 3.8) is 0 Å². The third-order valence-corrected chi connectivity index (χ3v) is 3.77. The first-order valence-electron chi connectivity index (χ1n) is 7.84. The highest BCUT2D eigenvalue weighted by Gasteiger charge is 2.12. The van der Waals surface area contributed by atoms with Crippen LogP contribution in [0.15, 0.2) is 41.6 Å². The average molecular weight is 325 g/mol. The van der Waals surface area contributed by atoms with E-state index in [0.29, 0.717) is 17.8 Å². The van der Waals surface area contributed by atoms with Gasteiger partial charge in [0.1, 0.15) is 0 Å². The van der Waals surface area contributed by atoms with Gasteiger partial charge < -0.3 is 9.88 Å². The summed E-state index contributed by atoms with van der Waals surface area (Å²) in [6.07, 6.45) is 4.87. The number of rotatable bonds is 4. The first-order chi connectivity index (χ1) is 11.5. The molecule has 3 aromatic rings. The molecule has 7 heteroatoms. The zero-order valence-corrected chi connectivity index (χ0v) is 13.9. The van der Waals surface area contributed by atoms with Gasteiger partial charge in [0.15, 0.2) is 5.65 Å². The Bertz CT molecular complexity index is 955. The molecule has 0 aliphatic carbocycles. The minimum absolute atomic E-state index is 0.0975. The summed E-state index contributed by atoms with van der Waals surface area (Å²) in [6, 6.07) is 4.99. The Balaban J connectivity index is 1.87. The van der Waals surface area contributed by atoms with Gasteiger partial charge in [-0.25, -0.2) is 9.67 Å². The van der Waals surface area contributed by atoms with Gasteiger partial charge >= 0.3 is 0 Å². The van der Waals surface area contributed by atoms with E-state index in [1.807, 2.05) is 25.5 Å². The number of hydrogen-bond acceptors (Lipinski definition) is 4. The molecule has 3 rings (SSSR count). The highest BCUT2D eigenvalue weighted by Crippen LogP contribution is 2.17. The van der Waals surface area contributed by atoms with Crippen molar-refractivity contribution in [1.29, 1.82) is 0 Å². The van der Waals surface area contributed by atoms with E-state index in [1.165, 1.54) is 16.8 Å². The van der Waals surface area contributed by atoms with Crippen molar-refractivity contribution in [3.05, 3.63) is 52.7 Å². The molecular formula is C17H19N5O2. The molecule has 0 saturated heterocycles. The fourth-order valence-electron chi connectivity index (χ4n) is 2.50. The Labute approximate surface area is 138 Å². The number of nitrogens with zero attached hydrogens (tertiary/aromatic N) is 4. The second-order valence-corrected chi connectivity index (χ2v) is 5.82. The van der Waals surface area contributed by atoms with E-state index < -0.39 is 0 Å². The number of carbonyl (C=O) groups is 1. The number of aromatic nitrogens is 4. The third kappa shape index (κ3) is 2.92. The van der Waals surface area contributed by atoms with Gasteiger partial charge in [-0.05, 0) is 32.9 Å². The summed E-state index contributed by atoms with van der Waals surface area (Å²) in [5, 5.41) is 7.90. The second kappa shape index (κ2) is 6.27. The molecule has 0 fully saturated rings. The number of nitrogens with one attached hydrogen (secondary N) is 1. The molecule has 124 valence electrons. The molecule has 0 aliphatic heterocycles. The number of pyridine rings is 2. The molecule has 0 unspecified atom stereocenters. The summed E-state index contributed by atoms with van der Waals surface area (Å²) in [7, 11) is 0. The number of hydrogen-bond donors (Lipinski definition) is 1. The molecule has 0 radical (unpaired) electrons. The summed E-state index contributed by atoms with van der Waals surface area (Å²) in [4.78, 5) is 28.4. The van der Waals surface area contributed by atoms with Gasteiger partial charge in [0.05, 0.1) is 17.4 Å². The topological polar surface area (TPSA) is 81.8 Å². The minimum Gasteiger partial charge on any atom is -0.321 e. The van der Waals surface area contributed by atoms with Crippen molar-refractivity contribution in [3.8, 4) is 0 Å². The molecule has 0 spiro atoms. The second-order valence-electron chi connectivity index (χ2n) is 5.82. The molecule has 1 amide bonds. The first-order valence-corrected chi connectivity index (χ1v) is 7.84. The molecule has 7 nitrogen and oxygen atoms in total. The normalized spacial score (nSPS) is 11.2. The molecule has 0 aliphatic rings. The van der Waals surface area contributed by atoms with Gasteiger partial charge in [-0.1, -0.05) is 0 Å². The first kappa shape index (κ1) is 15.9. The smallest absolute Gasteiger partial charge is 0.257 e. The van der Waals surface area contributed by atoms with Crippen LogP contribution in [-0.4, -0.2) is 25.2 Å². The molecule has 1 N–H and O–H groups in total. The van der Waals surface area contributed by atoms with Crippen LogP contribution >= 0.6 is 0 Å². The largest absolute Gasteiger partial charge is 0.321 e. The van der Waals surface area contributed by atoms with E-state index in [1.54, 1.807) is 24.5 Å². The lowest BCUT2D eigenvalue weighted by Crippen LogP contribution is -2.19. The third-order valence-electron chi connectivity index (χ3n) is 3.77. The molecule has 3 heterocycles. The molecule has 3 aromatic heterocycles. The van der Waals surface area contributed by atoms with Crippen molar-refractivity contribution in [2.45, 2.75) is 33.4 Å². The van der Waals surface area contributed by atoms with Crippen LogP contribution in [0.5, 0.6) is 0 Å². The Kier molecular flexibility index (Phi) is 4.16. The predicted octanol–water partition coefficient (Wildman–Crippen LogP) is 2.45. The highest BCUT2D eigenvalue weighted by molar-refractivity contribution is 6.05. The van der Waals surface area contributed by atoms with Crippen LogP contribution in [0, 0.1) is 0 Å². The number of amides is 1. The lowest BCUT2D eigenvalue weighted by molar-refractivity contribution is 0.102. The van der Waals surface area contributed by atoms with Gasteiger partial charge in [0.25, 0.3) is 11.5 Å². The van der Waals surface area contributed by atoms with Crippen molar-refractivity contribution in [2.75, 3.05) is 5.32 Å². The van der Waals surface area contributed by atoms with Gasteiger partial charge in [0, 0.05) is 36.4 Å². The lowest BCUT2D eigenvalue weighted by Gasteiger charge is -2.09. The van der Waals surface area contributed by atoms with Crippen molar-refractivity contribution in [1.82, 2.24) is 19.3 Å². The molecule has 0 saturated carbocycles. The Morgan fingerprint density at radius 1 is 1.29 bits per heavy atom. The van der Waals surface area contributed by atoms with Gasteiger partial charge in [0.2, 0.25) is 0 Å². The van der Waals surface area contributed by atoms with Crippen LogP contribution in [0.25, 0.3) is 11.0 Å². The number of aryl methyl sites for hydroxylation is 1. The quantitative estimate of drug-likeness (QED) is 0.799. The van der Waals surface area contributed by atoms with Crippen molar-refractivity contribution < 1.29 is 4.79 Å². The Morgan fingerprint density at radius 2 is 2.08 bits per heavy atom. The summed E-state index contributed by atoms with van der Waals surface area (Å²) < 4.78 is 3.35. The van der Waals surface area contributed by atoms with E-state index in [0.717, 1.165) is 11.0 Å². The van der Waals surface area contributed by atoms with E-state index in [-0.39, 0.29) is 17.5 Å². The summed E-state index contributed by atoms with van der Waals surface area (Å²) in [5.41, 5.74) is 1.67. The maximum atomic E-state index is 12.4. The van der Waals surface area contributed by atoms with Crippen LogP contribution in [-0.2, 0) is 6.54 Å². The standard InChI is InChI=1S/C17H19N5O2/c1-4-21-10-14(5-6-15(21)23)20-17(24)13-7-12-9-19-22(11(2)3)16(12)18-8-13/h5-11H,4H2,1-3H3,(H,20,24). The van der Waals surface area contributed by atoms with Crippen molar-refractivity contribution in [2.24, 2.45) is 0 Å². The maximum absolute atomic E-state index is 12.4. The zero-order chi connectivity index (χ0) is 17.3. The van der Waals surface area contributed by atoms with Crippen LogP contribution in [0.1, 0.15) is 37.2 Å². The monoisotopic (exact) mass is 325 g/mol.